The van der Waals surface area contributed by atoms with Gasteiger partial charge in [0.2, 0.25) is 0 Å². The molecule has 1 aromatic rings. The number of hydrogen-bond acceptors (Lipinski definition) is 4. The summed E-state index contributed by atoms with van der Waals surface area (Å²) in [5, 5.41) is 0.533. The standard InChI is InChI=1S/C13H11ClO4/c1-17-13(16)9-7-18-12(6-11(9)15)8-4-2-3-5-10(8)14/h2-5,7,12H,6H2,1H3. The van der Waals surface area contributed by atoms with Crippen LogP contribution in [0, 0.1) is 0 Å². The molecular weight excluding hydrogens is 256 g/mol. The third-order valence-electron chi connectivity index (χ3n) is 2.68. The fourth-order valence-corrected chi connectivity index (χ4v) is 1.99. The molecule has 1 atom stereocenters. The third kappa shape index (κ3) is 2.38. The molecule has 5 heteroatoms. The zero-order valence-electron chi connectivity index (χ0n) is 9.68. The molecular formula is C13H11ClO4. The molecule has 4 nitrogen and oxygen atoms in total. The van der Waals surface area contributed by atoms with E-state index in [-0.39, 0.29) is 17.8 Å². The number of hydrogen-bond donors (Lipinski definition) is 0. The van der Waals surface area contributed by atoms with E-state index in [4.69, 9.17) is 16.3 Å². The van der Waals surface area contributed by atoms with Crippen LogP contribution in [0.2, 0.25) is 5.02 Å². The summed E-state index contributed by atoms with van der Waals surface area (Å²) >= 11 is 6.03. The van der Waals surface area contributed by atoms with E-state index in [0.717, 1.165) is 11.8 Å². The van der Waals surface area contributed by atoms with Crippen molar-refractivity contribution in [2.24, 2.45) is 0 Å². The highest BCUT2D eigenvalue weighted by atomic mass is 35.5. The van der Waals surface area contributed by atoms with E-state index >= 15 is 0 Å². The average molecular weight is 267 g/mol. The zero-order chi connectivity index (χ0) is 13.1. The van der Waals surface area contributed by atoms with Crippen molar-refractivity contribution in [3.63, 3.8) is 0 Å². The Balaban J connectivity index is 2.23. The van der Waals surface area contributed by atoms with E-state index in [0.29, 0.717) is 5.02 Å². The fraction of sp³-hybridized carbons (Fsp3) is 0.231. The smallest absolute Gasteiger partial charge is 0.344 e. The van der Waals surface area contributed by atoms with Gasteiger partial charge in [-0.25, -0.2) is 4.79 Å². The van der Waals surface area contributed by atoms with Gasteiger partial charge in [-0.15, -0.1) is 0 Å². The summed E-state index contributed by atoms with van der Waals surface area (Å²) in [6.07, 6.45) is 0.760. The topological polar surface area (TPSA) is 52.6 Å². The van der Waals surface area contributed by atoms with E-state index in [1.165, 1.54) is 7.11 Å². The summed E-state index contributed by atoms with van der Waals surface area (Å²) in [4.78, 5) is 23.1. The van der Waals surface area contributed by atoms with Gasteiger partial charge in [-0.3, -0.25) is 4.79 Å². The summed E-state index contributed by atoms with van der Waals surface area (Å²) < 4.78 is 9.87. The molecule has 0 saturated heterocycles. The van der Waals surface area contributed by atoms with Gasteiger partial charge in [0.05, 0.1) is 13.5 Å². The lowest BCUT2D eigenvalue weighted by Crippen LogP contribution is -2.22. The van der Waals surface area contributed by atoms with E-state index in [2.05, 4.69) is 4.74 Å². The van der Waals surface area contributed by atoms with Crippen LogP contribution in [0.4, 0.5) is 0 Å². The van der Waals surface area contributed by atoms with Gasteiger partial charge >= 0.3 is 5.97 Å². The van der Waals surface area contributed by atoms with Crippen molar-refractivity contribution in [3.05, 3.63) is 46.7 Å². The van der Waals surface area contributed by atoms with Gasteiger partial charge in [0.25, 0.3) is 0 Å². The van der Waals surface area contributed by atoms with Gasteiger partial charge < -0.3 is 9.47 Å². The van der Waals surface area contributed by atoms with Gasteiger partial charge in [0.1, 0.15) is 17.9 Å². The summed E-state index contributed by atoms with van der Waals surface area (Å²) in [7, 11) is 1.22. The molecule has 0 amide bonds. The molecule has 0 saturated carbocycles. The third-order valence-corrected chi connectivity index (χ3v) is 3.02. The van der Waals surface area contributed by atoms with Gasteiger partial charge in [0.15, 0.2) is 5.78 Å². The van der Waals surface area contributed by atoms with Crippen LogP contribution in [0.3, 0.4) is 0 Å². The van der Waals surface area contributed by atoms with Crippen LogP contribution >= 0.6 is 11.6 Å². The van der Waals surface area contributed by atoms with Crippen LogP contribution in [-0.2, 0) is 19.1 Å². The number of carbonyl (C=O) groups is 2. The predicted molar refractivity (Wildman–Crippen MR) is 65.0 cm³/mol. The van der Waals surface area contributed by atoms with E-state index in [1.807, 2.05) is 6.07 Å². The van der Waals surface area contributed by atoms with Crippen LogP contribution in [0.1, 0.15) is 18.1 Å². The Kier molecular flexibility index (Phi) is 3.67. The first-order valence-electron chi connectivity index (χ1n) is 5.35. The lowest BCUT2D eigenvalue weighted by Gasteiger charge is -2.22. The Morgan fingerprint density at radius 3 is 2.78 bits per heavy atom. The summed E-state index contributed by atoms with van der Waals surface area (Å²) in [6.45, 7) is 0. The molecule has 0 radical (unpaired) electrons. The largest absolute Gasteiger partial charge is 0.492 e. The Hall–Kier alpha value is -1.81. The second-order valence-corrected chi connectivity index (χ2v) is 4.20. The van der Waals surface area contributed by atoms with E-state index in [9.17, 15) is 9.59 Å². The lowest BCUT2D eigenvalue weighted by molar-refractivity contribution is -0.139. The van der Waals surface area contributed by atoms with Gasteiger partial charge in [-0.05, 0) is 6.07 Å². The second kappa shape index (κ2) is 5.23. The van der Waals surface area contributed by atoms with E-state index in [1.54, 1.807) is 18.2 Å². The van der Waals surface area contributed by atoms with Crippen LogP contribution in [0.15, 0.2) is 36.1 Å². The van der Waals surface area contributed by atoms with Crippen molar-refractivity contribution in [2.75, 3.05) is 7.11 Å². The van der Waals surface area contributed by atoms with Crippen molar-refractivity contribution < 1.29 is 19.1 Å². The highest BCUT2D eigenvalue weighted by Crippen LogP contribution is 2.32. The first kappa shape index (κ1) is 12.6. The number of ketones is 1. The molecule has 0 aliphatic carbocycles. The number of carbonyl (C=O) groups excluding carboxylic acids is 2. The van der Waals surface area contributed by atoms with Gasteiger partial charge in [0, 0.05) is 10.6 Å². The molecule has 0 bridgehead atoms. The fourth-order valence-electron chi connectivity index (χ4n) is 1.73. The van der Waals surface area contributed by atoms with Crippen molar-refractivity contribution in [1.82, 2.24) is 0 Å². The summed E-state index contributed by atoms with van der Waals surface area (Å²) in [6, 6.07) is 7.13. The number of rotatable bonds is 2. The Morgan fingerprint density at radius 2 is 2.17 bits per heavy atom. The number of halogens is 1. The molecule has 18 heavy (non-hydrogen) atoms. The summed E-state index contributed by atoms with van der Waals surface area (Å²) in [5.41, 5.74) is 0.661. The predicted octanol–water partition coefficient (Wildman–Crippen LogP) is 2.43. The molecule has 0 spiro atoms. The normalized spacial score (nSPS) is 18.9. The first-order valence-corrected chi connectivity index (χ1v) is 5.73. The Morgan fingerprint density at radius 1 is 1.44 bits per heavy atom. The minimum absolute atomic E-state index is 0.0687. The highest BCUT2D eigenvalue weighted by Gasteiger charge is 2.30. The monoisotopic (exact) mass is 266 g/mol. The summed E-state index contributed by atoms with van der Waals surface area (Å²) in [5.74, 6) is -0.990. The Bertz CT molecular complexity index is 521. The minimum Gasteiger partial charge on any atom is -0.492 e. The lowest BCUT2D eigenvalue weighted by atomic mass is 9.98. The SMILES string of the molecule is COC(=O)C1=COC(c2ccccc2Cl)CC1=O. The first-order chi connectivity index (χ1) is 8.63. The Labute approximate surface area is 109 Å². The maximum Gasteiger partial charge on any atom is 0.344 e. The van der Waals surface area contributed by atoms with Crippen molar-refractivity contribution in [2.45, 2.75) is 12.5 Å². The minimum atomic E-state index is -0.683. The number of esters is 1. The van der Waals surface area contributed by atoms with E-state index < -0.39 is 12.1 Å². The van der Waals surface area contributed by atoms with Crippen molar-refractivity contribution in [1.29, 1.82) is 0 Å². The molecule has 94 valence electrons. The quantitative estimate of drug-likeness (QED) is 0.609. The van der Waals surface area contributed by atoms with Crippen LogP contribution in [0.5, 0.6) is 0 Å². The maximum absolute atomic E-state index is 11.8. The molecule has 1 aliphatic rings. The second-order valence-electron chi connectivity index (χ2n) is 3.80. The number of methoxy groups -OCH3 is 1. The van der Waals surface area contributed by atoms with Crippen molar-refractivity contribution >= 4 is 23.4 Å². The van der Waals surface area contributed by atoms with Crippen LogP contribution < -0.4 is 0 Å². The molecule has 1 aliphatic heterocycles. The molecule has 2 rings (SSSR count). The van der Waals surface area contributed by atoms with Gasteiger partial charge in [-0.1, -0.05) is 29.8 Å². The molecule has 1 heterocycles. The van der Waals surface area contributed by atoms with Crippen LogP contribution in [-0.4, -0.2) is 18.9 Å². The van der Waals surface area contributed by atoms with Gasteiger partial charge in [-0.2, -0.15) is 0 Å². The number of Topliss-reactive ketones (excluding diaryl/α,β-unsaturated/α-hetero) is 1. The number of ether oxygens (including phenoxy) is 2. The molecule has 1 aromatic carbocycles. The molecule has 1 unspecified atom stereocenters. The molecule has 0 N–H and O–H groups in total. The molecule has 0 fully saturated rings. The average Bonchev–Trinajstić information content (AvgIpc) is 2.38. The highest BCUT2D eigenvalue weighted by molar-refractivity contribution is 6.31. The maximum atomic E-state index is 11.8. The van der Waals surface area contributed by atoms with Crippen molar-refractivity contribution in [3.8, 4) is 0 Å². The zero-order valence-corrected chi connectivity index (χ0v) is 10.4. The van der Waals surface area contributed by atoms with Crippen LogP contribution in [0.25, 0.3) is 0 Å². The number of benzene rings is 1. The molecule has 0 aromatic heterocycles.